The normalized spacial score (nSPS) is 11.7. The Hall–Kier alpha value is -0.841. The van der Waals surface area contributed by atoms with Crippen molar-refractivity contribution in [2.24, 2.45) is 0 Å². The Morgan fingerprint density at radius 2 is 1.07 bits per heavy atom. The molecular weight excluding hydrogens is 439 g/mol. The Balaban J connectivity index is 2.16. The number of hydrogen-bond acceptors (Lipinski definition) is 2. The van der Waals surface area contributed by atoms with Crippen LogP contribution in [0.2, 0.25) is 8.87 Å². The van der Waals surface area contributed by atoms with Crippen LogP contribution >= 0.6 is 0 Å². The van der Waals surface area contributed by atoms with Gasteiger partial charge in [0.2, 0.25) is 0 Å². The number of benzene rings is 2. The molecule has 0 saturated carbocycles. The first-order valence-electron chi connectivity index (χ1n) is 10.5. The van der Waals surface area contributed by atoms with Gasteiger partial charge in [-0.1, -0.05) is 0 Å². The Bertz CT molecular complexity index is 624. The third-order valence-corrected chi connectivity index (χ3v) is 15.5. The summed E-state index contributed by atoms with van der Waals surface area (Å²) in [6, 6.07) is 17.1. The van der Waals surface area contributed by atoms with E-state index in [9.17, 15) is 0 Å². The van der Waals surface area contributed by atoms with E-state index in [1.807, 2.05) is 0 Å². The van der Waals surface area contributed by atoms with Crippen LogP contribution in [-0.4, -0.2) is 19.2 Å². The van der Waals surface area contributed by atoms with Crippen molar-refractivity contribution in [2.75, 3.05) is 0 Å². The van der Waals surface area contributed by atoms with E-state index in [0.29, 0.717) is 13.2 Å². The summed E-state index contributed by atoms with van der Waals surface area (Å²) in [5.74, 6) is 0. The molecule has 3 heteroatoms. The summed E-state index contributed by atoms with van der Waals surface area (Å²) in [4.78, 5) is 0. The molecule has 27 heavy (non-hydrogen) atoms. The van der Waals surface area contributed by atoms with Crippen LogP contribution in [0.1, 0.15) is 61.8 Å². The van der Waals surface area contributed by atoms with E-state index in [4.69, 9.17) is 6.15 Å². The summed E-state index contributed by atoms with van der Waals surface area (Å²) in [6.07, 6.45) is 4.82. The fourth-order valence-electron chi connectivity index (χ4n) is 3.31. The van der Waals surface area contributed by atoms with Crippen molar-refractivity contribution in [2.45, 2.75) is 75.5 Å². The Morgan fingerprint density at radius 1 is 0.667 bits per heavy atom. The van der Waals surface area contributed by atoms with E-state index in [1.54, 1.807) is 0 Å². The molecule has 0 N–H and O–H groups in total. The minimum atomic E-state index is -3.14. The first-order valence-corrected chi connectivity index (χ1v) is 16.8. The van der Waals surface area contributed by atoms with Gasteiger partial charge in [0.05, 0.1) is 0 Å². The van der Waals surface area contributed by atoms with Gasteiger partial charge < -0.3 is 0 Å². The number of hydrogen-bond donors (Lipinski definition) is 0. The fraction of sp³-hybridized carbons (Fsp3) is 0.500. The molecule has 0 radical (unpaired) electrons. The van der Waals surface area contributed by atoms with E-state index in [2.05, 4.69) is 76.2 Å². The molecule has 2 aromatic carbocycles. The molecule has 0 aliphatic heterocycles. The molecule has 0 aromatic heterocycles. The topological polar surface area (TPSA) is 18.5 Å². The summed E-state index contributed by atoms with van der Waals surface area (Å²) < 4.78 is 15.8. The monoisotopic (exact) mass is 476 g/mol. The summed E-state index contributed by atoms with van der Waals surface area (Å²) in [5, 5.41) is 0. The van der Waals surface area contributed by atoms with Gasteiger partial charge in [0.1, 0.15) is 0 Å². The third kappa shape index (κ3) is 7.24. The van der Waals surface area contributed by atoms with Crippen LogP contribution in [0.3, 0.4) is 0 Å². The van der Waals surface area contributed by atoms with Crippen molar-refractivity contribution in [1.82, 2.24) is 0 Å². The second kappa shape index (κ2) is 11.9. The van der Waals surface area contributed by atoms with Crippen LogP contribution in [0, 0.1) is 13.8 Å². The fourth-order valence-corrected chi connectivity index (χ4v) is 13.4. The first-order chi connectivity index (χ1) is 13.1. The van der Waals surface area contributed by atoms with E-state index < -0.39 is 19.2 Å². The number of aryl methyl sites for hydroxylation is 2. The molecule has 2 aromatic rings. The van der Waals surface area contributed by atoms with E-state index in [1.165, 1.54) is 47.9 Å². The molecule has 2 rings (SSSR count). The number of rotatable bonds is 12. The standard InChI is InChI=1S/2C8H9O.2C4H9.Sn/c2*1-7-4-2-3-5-8(7)6-9;2*1-3-4-2;/h2*2-5H,6H2,1H3;2*1,3-4H2,2H3;/q2*-1;;;+2. The van der Waals surface area contributed by atoms with Gasteiger partial charge in [-0.3, -0.25) is 0 Å². The van der Waals surface area contributed by atoms with Crippen molar-refractivity contribution in [3.63, 3.8) is 0 Å². The molecule has 0 amide bonds. The van der Waals surface area contributed by atoms with Gasteiger partial charge in [-0.05, 0) is 0 Å². The van der Waals surface area contributed by atoms with Crippen molar-refractivity contribution in [3.8, 4) is 0 Å². The summed E-state index contributed by atoms with van der Waals surface area (Å²) in [5.41, 5.74) is 5.21. The van der Waals surface area contributed by atoms with Crippen LogP contribution in [0.15, 0.2) is 48.5 Å². The molecule has 0 atom stereocenters. The summed E-state index contributed by atoms with van der Waals surface area (Å²) in [7, 11) is 0. The SMILES string of the molecule is CCC[CH2][Sn]([CH2]CCC)([O]Cc1ccccc1C)[O]Cc1ccccc1C. The van der Waals surface area contributed by atoms with E-state index in [0.717, 1.165) is 8.87 Å². The Labute approximate surface area is 171 Å². The molecule has 0 aliphatic carbocycles. The molecule has 0 fully saturated rings. The van der Waals surface area contributed by atoms with Gasteiger partial charge in [-0.25, -0.2) is 0 Å². The van der Waals surface area contributed by atoms with Gasteiger partial charge in [0.25, 0.3) is 0 Å². The predicted molar refractivity (Wildman–Crippen MR) is 117 cm³/mol. The molecule has 2 nitrogen and oxygen atoms in total. The zero-order chi connectivity index (χ0) is 19.5. The summed E-state index contributed by atoms with van der Waals surface area (Å²) in [6.45, 7) is 10.3. The van der Waals surface area contributed by atoms with Crippen molar-refractivity contribution < 1.29 is 6.15 Å². The average molecular weight is 475 g/mol. The van der Waals surface area contributed by atoms with Crippen molar-refractivity contribution in [3.05, 3.63) is 70.8 Å². The van der Waals surface area contributed by atoms with Crippen molar-refractivity contribution in [1.29, 1.82) is 0 Å². The van der Waals surface area contributed by atoms with Crippen LogP contribution in [-0.2, 0) is 19.4 Å². The molecule has 0 unspecified atom stereocenters. The first kappa shape index (κ1) is 22.4. The van der Waals surface area contributed by atoms with Gasteiger partial charge in [-0.15, -0.1) is 0 Å². The van der Waals surface area contributed by atoms with Crippen LogP contribution < -0.4 is 0 Å². The van der Waals surface area contributed by atoms with E-state index in [-0.39, 0.29) is 0 Å². The zero-order valence-corrected chi connectivity index (χ0v) is 20.4. The Kier molecular flexibility index (Phi) is 9.88. The third-order valence-electron chi connectivity index (χ3n) is 5.33. The molecule has 148 valence electrons. The quantitative estimate of drug-likeness (QED) is 0.306. The zero-order valence-electron chi connectivity index (χ0n) is 17.6. The van der Waals surface area contributed by atoms with Crippen LogP contribution in [0.25, 0.3) is 0 Å². The number of unbranched alkanes of at least 4 members (excludes halogenated alkanes) is 2. The van der Waals surface area contributed by atoms with E-state index >= 15 is 0 Å². The Morgan fingerprint density at radius 3 is 1.44 bits per heavy atom. The van der Waals surface area contributed by atoms with Gasteiger partial charge in [-0.2, -0.15) is 0 Å². The van der Waals surface area contributed by atoms with Gasteiger partial charge in [0.15, 0.2) is 0 Å². The molecule has 0 heterocycles. The van der Waals surface area contributed by atoms with Gasteiger partial charge >= 0.3 is 172 Å². The van der Waals surface area contributed by atoms with Crippen LogP contribution in [0.5, 0.6) is 0 Å². The van der Waals surface area contributed by atoms with Gasteiger partial charge in [0, 0.05) is 0 Å². The van der Waals surface area contributed by atoms with Crippen LogP contribution in [0.4, 0.5) is 0 Å². The molecule has 0 spiro atoms. The second-order valence-corrected chi connectivity index (χ2v) is 17.2. The minimum absolute atomic E-state index is 0.698. The maximum atomic E-state index is 6.75. The van der Waals surface area contributed by atoms with Crippen molar-refractivity contribution >= 4 is 19.2 Å². The molecule has 0 aliphatic rings. The molecule has 0 saturated heterocycles. The average Bonchev–Trinajstić information content (AvgIpc) is 2.69. The maximum absolute atomic E-state index is 6.75. The molecule has 0 bridgehead atoms. The molecular formula is C24H36O2Sn. The second-order valence-electron chi connectivity index (χ2n) is 7.55. The predicted octanol–water partition coefficient (Wildman–Crippen LogP) is 7.08. The summed E-state index contributed by atoms with van der Waals surface area (Å²) >= 11 is -3.14.